The molecule has 0 saturated carbocycles. The fourth-order valence-corrected chi connectivity index (χ4v) is 1.44. The third-order valence-electron chi connectivity index (χ3n) is 2.39. The lowest BCUT2D eigenvalue weighted by molar-refractivity contribution is 0.0932. The van der Waals surface area contributed by atoms with Crippen LogP contribution >= 0.6 is 0 Å². The smallest absolute Gasteiger partial charge is 0.265 e. The van der Waals surface area contributed by atoms with Crippen molar-refractivity contribution in [2.45, 2.75) is 6.54 Å². The number of benzene rings is 1. The fraction of sp³-hybridized carbons (Fsp3) is 0.0769. The lowest BCUT2D eigenvalue weighted by atomic mass is 10.2. The number of hydrogen-bond acceptors (Lipinski definition) is 4. The largest absolute Gasteiger partial charge is 0.399 e. The van der Waals surface area contributed by atoms with Crippen LogP contribution in [0.5, 0.6) is 0 Å². The highest BCUT2D eigenvalue weighted by Crippen LogP contribution is 2.04. The number of hydrazine groups is 1. The summed E-state index contributed by atoms with van der Waals surface area (Å²) in [5.74, 6) is -0.195. The van der Waals surface area contributed by atoms with Gasteiger partial charge in [0.1, 0.15) is 0 Å². The van der Waals surface area contributed by atoms with Crippen molar-refractivity contribution < 1.29 is 4.79 Å². The van der Waals surface area contributed by atoms with Crippen LogP contribution in [0.1, 0.15) is 15.9 Å². The molecule has 1 heterocycles. The van der Waals surface area contributed by atoms with E-state index in [-0.39, 0.29) is 5.91 Å². The minimum Gasteiger partial charge on any atom is -0.399 e. The van der Waals surface area contributed by atoms with Crippen molar-refractivity contribution in [2.75, 3.05) is 5.73 Å². The number of nitrogens with one attached hydrogen (secondary N) is 2. The second-order valence-corrected chi connectivity index (χ2v) is 3.79. The zero-order valence-electron chi connectivity index (χ0n) is 9.76. The second kappa shape index (κ2) is 5.79. The summed E-state index contributed by atoms with van der Waals surface area (Å²) in [5, 5.41) is 0. The van der Waals surface area contributed by atoms with E-state index >= 15 is 0 Å². The van der Waals surface area contributed by atoms with Gasteiger partial charge in [-0.1, -0.05) is 6.07 Å². The molecule has 0 atom stereocenters. The van der Waals surface area contributed by atoms with Crippen LogP contribution in [0.3, 0.4) is 0 Å². The van der Waals surface area contributed by atoms with Gasteiger partial charge in [-0.3, -0.25) is 15.2 Å². The number of hydrogen-bond donors (Lipinski definition) is 3. The highest BCUT2D eigenvalue weighted by atomic mass is 16.2. The maximum atomic E-state index is 11.7. The van der Waals surface area contributed by atoms with Crippen molar-refractivity contribution in [3.63, 3.8) is 0 Å². The number of rotatable bonds is 4. The molecule has 5 nitrogen and oxygen atoms in total. The van der Waals surface area contributed by atoms with Crippen LogP contribution in [0.2, 0.25) is 0 Å². The van der Waals surface area contributed by atoms with E-state index in [0.717, 1.165) is 5.56 Å². The molecule has 4 N–H and O–H groups in total. The first-order valence-corrected chi connectivity index (χ1v) is 5.53. The third kappa shape index (κ3) is 3.29. The monoisotopic (exact) mass is 242 g/mol. The number of nitrogen functional groups attached to an aromatic ring is 1. The minimum atomic E-state index is -0.195. The summed E-state index contributed by atoms with van der Waals surface area (Å²) < 4.78 is 0. The molecule has 0 unspecified atom stereocenters. The van der Waals surface area contributed by atoms with Crippen LogP contribution in [-0.4, -0.2) is 10.9 Å². The van der Waals surface area contributed by atoms with Gasteiger partial charge in [0, 0.05) is 30.2 Å². The topological polar surface area (TPSA) is 80.0 Å². The summed E-state index contributed by atoms with van der Waals surface area (Å²) in [4.78, 5) is 15.7. The van der Waals surface area contributed by atoms with E-state index in [9.17, 15) is 4.79 Å². The number of carbonyl (C=O) groups excluding carboxylic acids is 1. The third-order valence-corrected chi connectivity index (χ3v) is 2.39. The molecule has 92 valence electrons. The quantitative estimate of drug-likeness (QED) is 0.554. The second-order valence-electron chi connectivity index (χ2n) is 3.79. The van der Waals surface area contributed by atoms with Gasteiger partial charge in [0.05, 0.1) is 0 Å². The summed E-state index contributed by atoms with van der Waals surface area (Å²) in [6.07, 6.45) is 3.44. The van der Waals surface area contributed by atoms with Gasteiger partial charge in [-0.2, -0.15) is 0 Å². The molecule has 5 heteroatoms. The fourth-order valence-electron chi connectivity index (χ4n) is 1.44. The van der Waals surface area contributed by atoms with Gasteiger partial charge >= 0.3 is 0 Å². The van der Waals surface area contributed by atoms with Gasteiger partial charge in [0.2, 0.25) is 0 Å². The molecule has 1 amide bonds. The molecule has 0 bridgehead atoms. The van der Waals surface area contributed by atoms with Crippen LogP contribution in [0.25, 0.3) is 0 Å². The Morgan fingerprint density at radius 1 is 1.22 bits per heavy atom. The van der Waals surface area contributed by atoms with Crippen molar-refractivity contribution in [3.8, 4) is 0 Å². The van der Waals surface area contributed by atoms with E-state index in [0.29, 0.717) is 17.8 Å². The van der Waals surface area contributed by atoms with Crippen molar-refractivity contribution in [1.29, 1.82) is 0 Å². The first kappa shape index (κ1) is 12.1. The molecule has 0 aliphatic heterocycles. The van der Waals surface area contributed by atoms with Gasteiger partial charge in [-0.25, -0.2) is 5.43 Å². The average molecular weight is 242 g/mol. The normalized spacial score (nSPS) is 10.0. The number of aromatic nitrogens is 1. The Kier molecular flexibility index (Phi) is 3.88. The van der Waals surface area contributed by atoms with Crippen LogP contribution in [0, 0.1) is 0 Å². The summed E-state index contributed by atoms with van der Waals surface area (Å²) in [6.45, 7) is 0.522. The van der Waals surface area contributed by atoms with Crippen molar-refractivity contribution in [2.24, 2.45) is 0 Å². The average Bonchev–Trinajstić information content (AvgIpc) is 2.40. The minimum absolute atomic E-state index is 0.195. The molecule has 2 aromatic rings. The summed E-state index contributed by atoms with van der Waals surface area (Å²) in [6, 6.07) is 10.5. The molecule has 0 fully saturated rings. The first-order chi connectivity index (χ1) is 8.75. The van der Waals surface area contributed by atoms with Crippen molar-refractivity contribution in [3.05, 3.63) is 59.9 Å². The predicted molar refractivity (Wildman–Crippen MR) is 69.4 cm³/mol. The van der Waals surface area contributed by atoms with Gasteiger partial charge in [-0.05, 0) is 35.9 Å². The van der Waals surface area contributed by atoms with Crippen LogP contribution in [-0.2, 0) is 6.54 Å². The van der Waals surface area contributed by atoms with E-state index in [4.69, 9.17) is 5.73 Å². The lowest BCUT2D eigenvalue weighted by Gasteiger charge is -2.07. The zero-order valence-corrected chi connectivity index (χ0v) is 9.76. The number of nitrogens with two attached hydrogens (primary N) is 1. The van der Waals surface area contributed by atoms with E-state index in [1.165, 1.54) is 0 Å². The van der Waals surface area contributed by atoms with E-state index < -0.39 is 0 Å². The number of amides is 1. The van der Waals surface area contributed by atoms with Crippen molar-refractivity contribution in [1.82, 2.24) is 15.8 Å². The molecule has 1 aromatic carbocycles. The van der Waals surface area contributed by atoms with Crippen LogP contribution in [0.4, 0.5) is 5.69 Å². The maximum Gasteiger partial charge on any atom is 0.265 e. The molecular formula is C13H14N4O. The molecular weight excluding hydrogens is 228 g/mol. The Labute approximate surface area is 105 Å². The number of nitrogens with zero attached hydrogens (tertiary/aromatic N) is 1. The highest BCUT2D eigenvalue weighted by molar-refractivity contribution is 5.94. The molecule has 0 radical (unpaired) electrons. The Morgan fingerprint density at radius 2 is 2.00 bits per heavy atom. The van der Waals surface area contributed by atoms with Gasteiger partial charge in [0.15, 0.2) is 0 Å². The summed E-state index contributed by atoms with van der Waals surface area (Å²) >= 11 is 0. The lowest BCUT2D eigenvalue weighted by Crippen LogP contribution is -2.36. The first-order valence-electron chi connectivity index (χ1n) is 5.53. The van der Waals surface area contributed by atoms with Gasteiger partial charge in [0.25, 0.3) is 5.91 Å². The molecule has 18 heavy (non-hydrogen) atoms. The number of carbonyl (C=O) groups is 1. The summed E-state index contributed by atoms with van der Waals surface area (Å²) in [5.41, 5.74) is 13.2. The molecule has 2 rings (SSSR count). The molecule has 1 aromatic heterocycles. The standard InChI is InChI=1S/C13H14N4O/c14-12-5-3-11(4-6-12)13(18)17-16-9-10-2-1-7-15-8-10/h1-8,16H,9,14H2,(H,17,18). The van der Waals surface area contributed by atoms with E-state index in [2.05, 4.69) is 15.8 Å². The predicted octanol–water partition coefficient (Wildman–Crippen LogP) is 1.10. The Bertz CT molecular complexity index is 510. The molecule has 0 spiro atoms. The Morgan fingerprint density at radius 3 is 2.67 bits per heavy atom. The Hall–Kier alpha value is -2.40. The zero-order chi connectivity index (χ0) is 12.8. The summed E-state index contributed by atoms with van der Waals surface area (Å²) in [7, 11) is 0. The number of pyridine rings is 1. The SMILES string of the molecule is Nc1ccc(C(=O)NNCc2cccnc2)cc1. The van der Waals surface area contributed by atoms with Crippen molar-refractivity contribution >= 4 is 11.6 Å². The molecule has 0 saturated heterocycles. The Balaban J connectivity index is 1.84. The van der Waals surface area contributed by atoms with E-state index in [1.54, 1.807) is 36.7 Å². The maximum absolute atomic E-state index is 11.7. The van der Waals surface area contributed by atoms with Crippen LogP contribution < -0.4 is 16.6 Å². The van der Waals surface area contributed by atoms with Gasteiger partial charge < -0.3 is 5.73 Å². The molecule has 0 aliphatic rings. The van der Waals surface area contributed by atoms with Gasteiger partial charge in [-0.15, -0.1) is 0 Å². The van der Waals surface area contributed by atoms with Crippen LogP contribution in [0.15, 0.2) is 48.8 Å². The number of anilines is 1. The molecule has 0 aliphatic carbocycles. The van der Waals surface area contributed by atoms with E-state index in [1.807, 2.05) is 12.1 Å². The highest BCUT2D eigenvalue weighted by Gasteiger charge is 2.03.